The fourth-order valence-corrected chi connectivity index (χ4v) is 6.62. The van der Waals surface area contributed by atoms with Gasteiger partial charge in [-0.1, -0.05) is 61.9 Å². The molecule has 1 unspecified atom stereocenters. The molecule has 0 aromatic heterocycles. The SMILES string of the molecule is CCCC1(C(=O)C(=[N+]=[N-])P(=O)(OC)OC)CC2c3ccccc3C1c1ccccc12. The van der Waals surface area contributed by atoms with Gasteiger partial charge in [-0.05, 0) is 35.1 Å². The van der Waals surface area contributed by atoms with Crippen LogP contribution in [-0.2, 0) is 18.4 Å². The van der Waals surface area contributed by atoms with Crippen molar-refractivity contribution < 1.29 is 23.2 Å². The molecule has 0 fully saturated rings. The quantitative estimate of drug-likeness (QED) is 0.266. The fraction of sp³-hybridized carbons (Fsp3) is 0.391. The minimum absolute atomic E-state index is 0.0438. The molecule has 30 heavy (non-hydrogen) atoms. The third-order valence-electron chi connectivity index (χ3n) is 6.67. The van der Waals surface area contributed by atoms with Gasteiger partial charge in [0, 0.05) is 26.1 Å². The number of hydrogen-bond donors (Lipinski definition) is 0. The van der Waals surface area contributed by atoms with E-state index in [9.17, 15) is 14.9 Å². The van der Waals surface area contributed by atoms with Crippen molar-refractivity contribution in [3.05, 3.63) is 76.3 Å². The van der Waals surface area contributed by atoms with Crippen LogP contribution in [0.1, 0.15) is 60.3 Å². The summed E-state index contributed by atoms with van der Waals surface area (Å²) in [4.78, 5) is 17.1. The first kappa shape index (κ1) is 20.9. The number of carbonyl (C=O) groups is 1. The molecule has 2 aromatic rings. The largest absolute Gasteiger partial charge is 0.446 e. The summed E-state index contributed by atoms with van der Waals surface area (Å²) >= 11 is 0. The Morgan fingerprint density at radius 1 is 1.07 bits per heavy atom. The number of benzene rings is 2. The predicted molar refractivity (Wildman–Crippen MR) is 114 cm³/mol. The van der Waals surface area contributed by atoms with Gasteiger partial charge in [-0.25, -0.2) is 4.57 Å². The number of carbonyl (C=O) groups excluding carboxylic acids is 1. The fourth-order valence-electron chi connectivity index (χ4n) is 5.54. The highest BCUT2D eigenvalue weighted by molar-refractivity contribution is 7.74. The molecule has 0 saturated carbocycles. The number of rotatable bonds is 7. The molecule has 2 bridgehead atoms. The van der Waals surface area contributed by atoms with Crippen molar-refractivity contribution in [3.63, 3.8) is 0 Å². The third kappa shape index (κ3) is 2.79. The van der Waals surface area contributed by atoms with E-state index in [0.29, 0.717) is 12.8 Å². The molecule has 0 amide bonds. The molecule has 0 aliphatic heterocycles. The minimum atomic E-state index is -4.02. The first-order valence-electron chi connectivity index (χ1n) is 10.1. The van der Waals surface area contributed by atoms with E-state index < -0.39 is 24.2 Å². The summed E-state index contributed by atoms with van der Waals surface area (Å²) in [6.45, 7) is 2.02. The number of hydrogen-bond acceptors (Lipinski definition) is 4. The number of ketones is 1. The first-order chi connectivity index (χ1) is 14.5. The molecule has 0 spiro atoms. The smallest absolute Gasteiger partial charge is 0.360 e. The molecular formula is C23H25N2O4P. The Hall–Kier alpha value is -2.36. The summed E-state index contributed by atoms with van der Waals surface area (Å²) in [7, 11) is -1.65. The Bertz CT molecular complexity index is 1050. The van der Waals surface area contributed by atoms with Crippen molar-refractivity contribution in [2.75, 3.05) is 14.2 Å². The van der Waals surface area contributed by atoms with Gasteiger partial charge in [0.25, 0.3) is 5.78 Å². The molecule has 5 rings (SSSR count). The average Bonchev–Trinajstić information content (AvgIpc) is 2.79. The van der Waals surface area contributed by atoms with E-state index in [0.717, 1.165) is 17.5 Å². The van der Waals surface area contributed by atoms with E-state index in [-0.39, 0.29) is 11.8 Å². The molecule has 3 aliphatic rings. The van der Waals surface area contributed by atoms with Crippen LogP contribution in [0.4, 0.5) is 0 Å². The van der Waals surface area contributed by atoms with Gasteiger partial charge in [0.05, 0.1) is 5.41 Å². The highest BCUT2D eigenvalue weighted by Gasteiger charge is 2.61. The maximum absolute atomic E-state index is 14.0. The molecule has 1 atom stereocenters. The van der Waals surface area contributed by atoms with E-state index in [1.54, 1.807) is 0 Å². The van der Waals surface area contributed by atoms with E-state index >= 15 is 0 Å². The van der Waals surface area contributed by atoms with Gasteiger partial charge in [-0.2, -0.15) is 4.79 Å². The summed E-state index contributed by atoms with van der Waals surface area (Å²) in [5.74, 6) is -0.638. The summed E-state index contributed by atoms with van der Waals surface area (Å²) in [5, 5.41) is 0. The van der Waals surface area contributed by atoms with Crippen LogP contribution >= 0.6 is 7.60 Å². The van der Waals surface area contributed by atoms with Crippen molar-refractivity contribution in [2.45, 2.75) is 38.0 Å². The van der Waals surface area contributed by atoms with Crippen LogP contribution in [0, 0.1) is 5.41 Å². The van der Waals surface area contributed by atoms with Gasteiger partial charge in [0.2, 0.25) is 0 Å². The second-order valence-electron chi connectivity index (χ2n) is 7.97. The lowest BCUT2D eigenvalue weighted by Gasteiger charge is -2.52. The first-order valence-corrected chi connectivity index (χ1v) is 11.7. The van der Waals surface area contributed by atoms with Crippen LogP contribution in [0.25, 0.3) is 5.53 Å². The predicted octanol–water partition coefficient (Wildman–Crippen LogP) is 5.14. The maximum atomic E-state index is 14.0. The number of fused-ring (bicyclic) bond motifs is 1. The van der Waals surface area contributed by atoms with Gasteiger partial charge in [0.15, 0.2) is 0 Å². The van der Waals surface area contributed by atoms with Gasteiger partial charge in [-0.15, -0.1) is 0 Å². The summed E-state index contributed by atoms with van der Waals surface area (Å²) in [6, 6.07) is 16.4. The zero-order valence-electron chi connectivity index (χ0n) is 17.4. The molecule has 6 nitrogen and oxygen atoms in total. The normalized spacial score (nSPS) is 24.0. The molecule has 0 N–H and O–H groups in total. The molecule has 0 radical (unpaired) electrons. The lowest BCUT2D eigenvalue weighted by molar-refractivity contribution is -0.128. The second-order valence-corrected chi connectivity index (χ2v) is 10.1. The van der Waals surface area contributed by atoms with Crippen LogP contribution in [-0.4, -0.2) is 30.2 Å². The molecule has 0 saturated heterocycles. The van der Waals surface area contributed by atoms with E-state index in [1.165, 1.54) is 25.3 Å². The Morgan fingerprint density at radius 3 is 2.00 bits per heavy atom. The van der Waals surface area contributed by atoms with Crippen molar-refractivity contribution in [3.8, 4) is 0 Å². The van der Waals surface area contributed by atoms with Crippen molar-refractivity contribution in [2.24, 2.45) is 5.41 Å². The Labute approximate surface area is 176 Å². The summed E-state index contributed by atoms with van der Waals surface area (Å²) in [6.07, 6.45) is 1.88. The van der Waals surface area contributed by atoms with Crippen molar-refractivity contribution in [1.29, 1.82) is 0 Å². The van der Waals surface area contributed by atoms with Crippen LogP contribution in [0.2, 0.25) is 0 Å². The number of Topliss-reactive ketones (excluding diaryl/α,β-unsaturated/α-hetero) is 1. The van der Waals surface area contributed by atoms with E-state index in [2.05, 4.69) is 29.1 Å². The topological polar surface area (TPSA) is 89.0 Å². The highest BCUT2D eigenvalue weighted by atomic mass is 31.2. The highest BCUT2D eigenvalue weighted by Crippen LogP contribution is 2.64. The van der Waals surface area contributed by atoms with Crippen LogP contribution in [0.3, 0.4) is 0 Å². The summed E-state index contributed by atoms with van der Waals surface area (Å²) < 4.78 is 23.1. The molecular weight excluding hydrogens is 399 g/mol. The lowest BCUT2D eigenvalue weighted by atomic mass is 9.49. The van der Waals surface area contributed by atoms with E-state index in [1.807, 2.05) is 31.2 Å². The standard InChI is InChI=1S/C23H25N2O4P/c1-4-13-23(21(26)22(25-24)30(27,28-2)29-3)14-19-15-9-5-7-11-17(15)20(23)18-12-8-6-10-16(18)19/h5-12,19-20H,4,13-14H2,1-3H3. The molecule has 3 aliphatic carbocycles. The number of nitrogens with zero attached hydrogens (tertiary/aromatic N) is 2. The zero-order valence-corrected chi connectivity index (χ0v) is 18.3. The Balaban J connectivity index is 1.97. The van der Waals surface area contributed by atoms with Crippen LogP contribution in [0.15, 0.2) is 48.5 Å². The van der Waals surface area contributed by atoms with Gasteiger partial charge < -0.3 is 14.6 Å². The monoisotopic (exact) mass is 424 g/mol. The molecule has 0 heterocycles. The van der Waals surface area contributed by atoms with Crippen LogP contribution < -0.4 is 0 Å². The summed E-state index contributed by atoms with van der Waals surface area (Å²) in [5.41, 5.74) is 13.0. The minimum Gasteiger partial charge on any atom is -0.360 e. The molecule has 156 valence electrons. The van der Waals surface area contributed by atoms with Gasteiger partial charge in [-0.3, -0.25) is 4.79 Å². The third-order valence-corrected chi connectivity index (χ3v) is 8.44. The molecule has 2 aromatic carbocycles. The van der Waals surface area contributed by atoms with Gasteiger partial charge in [0.1, 0.15) is 0 Å². The van der Waals surface area contributed by atoms with E-state index in [4.69, 9.17) is 9.05 Å². The lowest BCUT2D eigenvalue weighted by Crippen LogP contribution is -2.49. The van der Waals surface area contributed by atoms with Crippen molar-refractivity contribution in [1.82, 2.24) is 0 Å². The van der Waals surface area contributed by atoms with Crippen LogP contribution in [0.5, 0.6) is 0 Å². The Morgan fingerprint density at radius 2 is 1.57 bits per heavy atom. The second kappa shape index (κ2) is 7.72. The maximum Gasteiger partial charge on any atom is 0.446 e. The molecule has 7 heteroatoms. The Kier molecular flexibility index (Phi) is 5.37. The zero-order chi connectivity index (χ0) is 21.5. The average molecular weight is 424 g/mol. The van der Waals surface area contributed by atoms with Gasteiger partial charge >= 0.3 is 13.0 Å². The van der Waals surface area contributed by atoms with Crippen molar-refractivity contribution >= 4 is 18.8 Å².